The van der Waals surface area contributed by atoms with Gasteiger partial charge in [0.2, 0.25) is 5.91 Å². The van der Waals surface area contributed by atoms with Crippen molar-refractivity contribution in [3.8, 4) is 0 Å². The zero-order chi connectivity index (χ0) is 14.4. The largest absolute Gasteiger partial charge is 0.340 e. The number of hydrogen-bond acceptors (Lipinski definition) is 2. The second kappa shape index (κ2) is 8.02. The summed E-state index contributed by atoms with van der Waals surface area (Å²) in [4.78, 5) is 14.9. The summed E-state index contributed by atoms with van der Waals surface area (Å²) in [5.74, 6) is 1.89. The van der Waals surface area contributed by atoms with Crippen molar-refractivity contribution in [3.63, 3.8) is 0 Å². The van der Waals surface area contributed by atoms with Crippen LogP contribution in [0.5, 0.6) is 0 Å². The summed E-state index contributed by atoms with van der Waals surface area (Å²) in [5, 5.41) is 3.40. The fraction of sp³-hybridized carbons (Fsp3) is 0.941. The minimum Gasteiger partial charge on any atom is -0.340 e. The van der Waals surface area contributed by atoms with Gasteiger partial charge >= 0.3 is 0 Å². The van der Waals surface area contributed by atoms with Gasteiger partial charge in [0.15, 0.2) is 0 Å². The molecule has 2 aliphatic rings. The zero-order valence-corrected chi connectivity index (χ0v) is 13.4. The molecule has 0 aromatic heterocycles. The summed E-state index contributed by atoms with van der Waals surface area (Å²) in [7, 11) is 0. The molecule has 0 radical (unpaired) electrons. The highest BCUT2D eigenvalue weighted by molar-refractivity contribution is 5.76. The normalized spacial score (nSPS) is 28.3. The third kappa shape index (κ3) is 4.47. The maximum Gasteiger partial charge on any atom is 0.223 e. The van der Waals surface area contributed by atoms with E-state index < -0.39 is 0 Å². The Hall–Kier alpha value is -0.570. The lowest BCUT2D eigenvalue weighted by Crippen LogP contribution is -2.47. The van der Waals surface area contributed by atoms with Crippen LogP contribution in [0, 0.1) is 11.8 Å². The Morgan fingerprint density at radius 3 is 2.60 bits per heavy atom. The SMILES string of the molecule is CCCN(C(=O)CC1CCCC(C)C1)C1CCNCC1. The van der Waals surface area contributed by atoms with Gasteiger partial charge < -0.3 is 10.2 Å². The van der Waals surface area contributed by atoms with Gasteiger partial charge in [0.05, 0.1) is 0 Å². The van der Waals surface area contributed by atoms with Crippen LogP contribution in [0.2, 0.25) is 0 Å². The first kappa shape index (κ1) is 15.8. The molecule has 2 fully saturated rings. The fourth-order valence-corrected chi connectivity index (χ4v) is 3.98. The Labute approximate surface area is 124 Å². The molecule has 3 nitrogen and oxygen atoms in total. The molecule has 1 heterocycles. The molecule has 0 spiro atoms. The lowest BCUT2D eigenvalue weighted by molar-refractivity contribution is -0.135. The van der Waals surface area contributed by atoms with Gasteiger partial charge in [-0.25, -0.2) is 0 Å². The van der Waals surface area contributed by atoms with E-state index in [4.69, 9.17) is 0 Å². The molecule has 1 aliphatic carbocycles. The summed E-state index contributed by atoms with van der Waals surface area (Å²) in [6, 6.07) is 0.490. The Morgan fingerprint density at radius 1 is 1.20 bits per heavy atom. The third-order valence-electron chi connectivity index (χ3n) is 5.04. The van der Waals surface area contributed by atoms with Crippen LogP contribution in [0.1, 0.15) is 65.2 Å². The van der Waals surface area contributed by atoms with Gasteiger partial charge in [-0.3, -0.25) is 4.79 Å². The maximum atomic E-state index is 12.7. The number of carbonyl (C=O) groups excluding carboxylic acids is 1. The summed E-state index contributed by atoms with van der Waals surface area (Å²) in [6.07, 6.45) is 9.35. The highest BCUT2D eigenvalue weighted by Gasteiger charge is 2.28. The smallest absolute Gasteiger partial charge is 0.223 e. The van der Waals surface area contributed by atoms with E-state index in [1.54, 1.807) is 0 Å². The van der Waals surface area contributed by atoms with Gasteiger partial charge in [-0.05, 0) is 57.0 Å². The lowest BCUT2D eigenvalue weighted by Gasteiger charge is -2.36. The zero-order valence-electron chi connectivity index (χ0n) is 13.4. The number of hydrogen-bond donors (Lipinski definition) is 1. The molecule has 20 heavy (non-hydrogen) atoms. The van der Waals surface area contributed by atoms with E-state index in [0.717, 1.165) is 51.2 Å². The van der Waals surface area contributed by atoms with Crippen LogP contribution in [0.15, 0.2) is 0 Å². The summed E-state index contributed by atoms with van der Waals surface area (Å²) >= 11 is 0. The topological polar surface area (TPSA) is 32.3 Å². The molecule has 2 rings (SSSR count). The van der Waals surface area contributed by atoms with Crippen molar-refractivity contribution in [2.24, 2.45) is 11.8 Å². The summed E-state index contributed by atoms with van der Waals surface area (Å²) < 4.78 is 0. The number of amides is 1. The van der Waals surface area contributed by atoms with Crippen LogP contribution in [0.25, 0.3) is 0 Å². The molecular weight excluding hydrogens is 248 g/mol. The molecule has 2 unspecified atom stereocenters. The van der Waals surface area contributed by atoms with Gasteiger partial charge in [0.25, 0.3) is 0 Å². The van der Waals surface area contributed by atoms with Crippen LogP contribution in [-0.2, 0) is 4.79 Å². The molecule has 1 amide bonds. The second-order valence-electron chi connectivity index (χ2n) is 6.91. The van der Waals surface area contributed by atoms with Crippen molar-refractivity contribution in [1.82, 2.24) is 10.2 Å². The van der Waals surface area contributed by atoms with Crippen molar-refractivity contribution >= 4 is 5.91 Å². The second-order valence-corrected chi connectivity index (χ2v) is 6.91. The molecule has 1 aliphatic heterocycles. The van der Waals surface area contributed by atoms with Crippen molar-refractivity contribution in [2.75, 3.05) is 19.6 Å². The number of nitrogens with zero attached hydrogens (tertiary/aromatic N) is 1. The van der Waals surface area contributed by atoms with Gasteiger partial charge in [-0.15, -0.1) is 0 Å². The predicted molar refractivity (Wildman–Crippen MR) is 83.6 cm³/mol. The average molecular weight is 280 g/mol. The minimum absolute atomic E-state index is 0.429. The monoisotopic (exact) mass is 280 g/mol. The van der Waals surface area contributed by atoms with E-state index in [1.165, 1.54) is 25.7 Å². The van der Waals surface area contributed by atoms with E-state index in [2.05, 4.69) is 24.1 Å². The Kier molecular flexibility index (Phi) is 6.34. The van der Waals surface area contributed by atoms with Gasteiger partial charge in [-0.2, -0.15) is 0 Å². The first-order chi connectivity index (χ1) is 9.70. The van der Waals surface area contributed by atoms with Gasteiger partial charge in [0.1, 0.15) is 0 Å². The van der Waals surface area contributed by atoms with Crippen molar-refractivity contribution in [1.29, 1.82) is 0 Å². The quantitative estimate of drug-likeness (QED) is 0.839. The van der Waals surface area contributed by atoms with Crippen molar-refractivity contribution in [3.05, 3.63) is 0 Å². The molecule has 1 saturated heterocycles. The highest BCUT2D eigenvalue weighted by Crippen LogP contribution is 2.31. The number of rotatable bonds is 5. The average Bonchev–Trinajstić information content (AvgIpc) is 2.45. The molecule has 1 saturated carbocycles. The van der Waals surface area contributed by atoms with Crippen molar-refractivity contribution in [2.45, 2.75) is 71.3 Å². The fourth-order valence-electron chi connectivity index (χ4n) is 3.98. The molecule has 1 N–H and O–H groups in total. The first-order valence-corrected chi connectivity index (χ1v) is 8.71. The highest BCUT2D eigenvalue weighted by atomic mass is 16.2. The Bertz CT molecular complexity index is 299. The van der Waals surface area contributed by atoms with E-state index in [0.29, 0.717) is 17.9 Å². The van der Waals surface area contributed by atoms with E-state index in [1.807, 2.05) is 0 Å². The molecule has 3 heteroatoms. The van der Waals surface area contributed by atoms with Crippen LogP contribution >= 0.6 is 0 Å². The maximum absolute atomic E-state index is 12.7. The van der Waals surface area contributed by atoms with Crippen LogP contribution in [0.3, 0.4) is 0 Å². The number of piperidine rings is 1. The Balaban J connectivity index is 1.88. The lowest BCUT2D eigenvalue weighted by atomic mass is 9.80. The number of carbonyl (C=O) groups is 1. The number of nitrogens with one attached hydrogen (secondary N) is 1. The molecule has 0 aromatic carbocycles. The molecule has 2 atom stereocenters. The minimum atomic E-state index is 0.429. The molecule has 0 bridgehead atoms. The molecule has 0 aromatic rings. The molecular formula is C17H32N2O. The van der Waals surface area contributed by atoms with Gasteiger partial charge in [0, 0.05) is 19.0 Å². The van der Waals surface area contributed by atoms with E-state index in [9.17, 15) is 4.79 Å². The van der Waals surface area contributed by atoms with Crippen LogP contribution in [0.4, 0.5) is 0 Å². The first-order valence-electron chi connectivity index (χ1n) is 8.71. The van der Waals surface area contributed by atoms with E-state index >= 15 is 0 Å². The molecule has 116 valence electrons. The van der Waals surface area contributed by atoms with Crippen LogP contribution in [-0.4, -0.2) is 36.5 Å². The van der Waals surface area contributed by atoms with E-state index in [-0.39, 0.29) is 0 Å². The van der Waals surface area contributed by atoms with Crippen molar-refractivity contribution < 1.29 is 4.79 Å². The van der Waals surface area contributed by atoms with Crippen LogP contribution < -0.4 is 5.32 Å². The Morgan fingerprint density at radius 2 is 1.95 bits per heavy atom. The van der Waals surface area contributed by atoms with Gasteiger partial charge in [-0.1, -0.05) is 26.7 Å². The standard InChI is InChI=1S/C17H32N2O/c1-3-11-19(16-7-9-18-10-8-16)17(20)13-15-6-4-5-14(2)12-15/h14-16,18H,3-13H2,1-2H3. The summed E-state index contributed by atoms with van der Waals surface area (Å²) in [6.45, 7) is 7.61. The third-order valence-corrected chi connectivity index (χ3v) is 5.04. The summed E-state index contributed by atoms with van der Waals surface area (Å²) in [5.41, 5.74) is 0. The predicted octanol–water partition coefficient (Wildman–Crippen LogP) is 3.19.